The van der Waals surface area contributed by atoms with Crippen molar-refractivity contribution in [3.05, 3.63) is 40.9 Å². The molecule has 1 heterocycles. The van der Waals surface area contributed by atoms with Crippen LogP contribution in [0.4, 0.5) is 12.9 Å². The molecular weight excluding hydrogens is 318 g/mol. The fourth-order valence-corrected chi connectivity index (χ4v) is 3.81. The van der Waals surface area contributed by atoms with E-state index in [-0.39, 0.29) is 10.5 Å². The summed E-state index contributed by atoms with van der Waals surface area (Å²) >= 11 is 0. The molecule has 0 saturated carbocycles. The maximum atomic E-state index is 12.8. The van der Waals surface area contributed by atoms with Crippen LogP contribution >= 0.6 is 0 Å². The Balaban J connectivity index is 2.39. The summed E-state index contributed by atoms with van der Waals surface area (Å²) in [7, 11) is -4.00. The summed E-state index contributed by atoms with van der Waals surface area (Å²) in [6.45, 7) is -3.73. The van der Waals surface area contributed by atoms with Crippen LogP contribution in [0.25, 0.3) is 0 Å². The fraction of sp³-hybridized carbons (Fsp3) is 0.308. The van der Waals surface area contributed by atoms with Crippen LogP contribution < -0.4 is 0 Å². The van der Waals surface area contributed by atoms with Gasteiger partial charge in [-0.2, -0.15) is 4.31 Å². The lowest BCUT2D eigenvalue weighted by atomic mass is 9.72. The molecule has 1 aromatic rings. The predicted octanol–water partition coefficient (Wildman–Crippen LogP) is 2.27. The molecule has 0 aliphatic carbocycles. The van der Waals surface area contributed by atoms with E-state index in [0.717, 1.165) is 16.8 Å². The highest BCUT2D eigenvalue weighted by molar-refractivity contribution is 7.89. The number of sulfonamides is 1. The average molecular weight is 332 g/mol. The average Bonchev–Trinajstić information content (AvgIpc) is 2.36. The second kappa shape index (κ2) is 5.55. The Morgan fingerprint density at radius 3 is 2.05 bits per heavy atom. The first kappa shape index (κ1) is 16.8. The van der Waals surface area contributed by atoms with E-state index >= 15 is 0 Å². The third-order valence-corrected chi connectivity index (χ3v) is 5.29. The molecule has 0 bridgehead atoms. The molecule has 9 heteroatoms. The third-order valence-electron chi connectivity index (χ3n) is 3.48. The largest absolute Gasteiger partial charge is 0.513 e. The smallest absolute Gasteiger partial charge is 0.445 e. The van der Waals surface area contributed by atoms with E-state index in [1.807, 2.05) is 0 Å². The van der Waals surface area contributed by atoms with E-state index in [4.69, 9.17) is 0 Å². The van der Waals surface area contributed by atoms with Crippen LogP contribution in [0.2, 0.25) is 0 Å². The number of carbonyl (C=O) groups is 1. The lowest BCUT2D eigenvalue weighted by Crippen LogP contribution is -2.45. The molecule has 0 fully saturated rings. The first-order valence-electron chi connectivity index (χ1n) is 6.53. The van der Waals surface area contributed by atoms with Crippen LogP contribution in [0.3, 0.4) is 0 Å². The van der Waals surface area contributed by atoms with E-state index < -0.39 is 41.3 Å². The van der Waals surface area contributed by atoms with Crippen LogP contribution in [-0.2, 0) is 14.8 Å². The molecule has 1 aliphatic heterocycles. The van der Waals surface area contributed by atoms with Gasteiger partial charge in [-0.3, -0.25) is 4.79 Å². The highest BCUT2D eigenvalue weighted by atomic mass is 32.2. The molecule has 0 radical (unpaired) electrons. The van der Waals surface area contributed by atoms with Gasteiger partial charge in [0.25, 0.3) is 0 Å². The molecule has 0 unspecified atom stereocenters. The molecule has 1 aliphatic rings. The lowest BCUT2D eigenvalue weighted by molar-refractivity contribution is -0.115. The summed E-state index contributed by atoms with van der Waals surface area (Å²) in [6.07, 6.45) is 0. The van der Waals surface area contributed by atoms with Gasteiger partial charge in [-0.15, -0.1) is 0 Å². The van der Waals surface area contributed by atoms with Gasteiger partial charge in [-0.05, 0) is 26.0 Å². The molecule has 0 N–H and O–H groups in total. The Kier molecular flexibility index (Phi) is 4.23. The summed E-state index contributed by atoms with van der Waals surface area (Å²) in [4.78, 5) is 11.7. The minimum atomic E-state index is -5.43. The predicted molar refractivity (Wildman–Crippen MR) is 76.7 cm³/mol. The number of benzene rings is 1. The fourth-order valence-electron chi connectivity index (χ4n) is 2.38. The zero-order chi connectivity index (χ0) is 16.7. The number of halogens is 3. The van der Waals surface area contributed by atoms with Crippen molar-refractivity contribution < 1.29 is 26.2 Å². The van der Waals surface area contributed by atoms with Crippen molar-refractivity contribution in [1.82, 2.24) is 4.31 Å². The number of hydrogen-bond acceptors (Lipinski definition) is 3. The van der Waals surface area contributed by atoms with Crippen molar-refractivity contribution in [1.29, 1.82) is 0 Å². The molecular formula is C13H14BF3NO3S-. The first-order valence-corrected chi connectivity index (χ1v) is 7.97. The van der Waals surface area contributed by atoms with Gasteiger partial charge in [0, 0.05) is 6.54 Å². The summed E-state index contributed by atoms with van der Waals surface area (Å²) in [6, 6.07) is 5.92. The van der Waals surface area contributed by atoms with Crippen LogP contribution in [0.5, 0.6) is 0 Å². The maximum absolute atomic E-state index is 12.8. The number of Topliss-reactive ketones (excluding diaryl/α,β-unsaturated/α-hetero) is 1. The zero-order valence-electron chi connectivity index (χ0n) is 12.0. The summed E-state index contributed by atoms with van der Waals surface area (Å²) in [5.74, 6) is -1.20. The zero-order valence-corrected chi connectivity index (χ0v) is 12.8. The van der Waals surface area contributed by atoms with Gasteiger partial charge in [0.1, 0.15) is 5.78 Å². The van der Waals surface area contributed by atoms with Crippen LogP contribution in [0.1, 0.15) is 12.5 Å². The Morgan fingerprint density at radius 2 is 1.59 bits per heavy atom. The van der Waals surface area contributed by atoms with Gasteiger partial charge in [0.15, 0.2) is 0 Å². The maximum Gasteiger partial charge on any atom is 0.513 e. The van der Waals surface area contributed by atoms with Gasteiger partial charge in [-0.1, -0.05) is 28.7 Å². The highest BCUT2D eigenvalue weighted by Gasteiger charge is 2.40. The van der Waals surface area contributed by atoms with E-state index in [0.29, 0.717) is 0 Å². The van der Waals surface area contributed by atoms with Crippen molar-refractivity contribution in [2.75, 3.05) is 13.1 Å². The molecule has 22 heavy (non-hydrogen) atoms. The number of rotatable bonds is 3. The lowest BCUT2D eigenvalue weighted by Gasteiger charge is -2.32. The molecule has 0 spiro atoms. The third kappa shape index (κ3) is 3.10. The SMILES string of the molecule is CC1=C([B-](F)(F)F)C(=O)CN(S(=O)(=O)c2ccc(C)cc2)C1. The summed E-state index contributed by atoms with van der Waals surface area (Å²) in [5, 5.41) is 0. The molecule has 0 atom stereocenters. The minimum absolute atomic E-state index is 0.0420. The van der Waals surface area contributed by atoms with E-state index in [1.54, 1.807) is 19.1 Å². The van der Waals surface area contributed by atoms with Gasteiger partial charge in [0.05, 0.1) is 11.4 Å². The van der Waals surface area contributed by atoms with E-state index in [2.05, 4.69) is 0 Å². The van der Waals surface area contributed by atoms with Gasteiger partial charge < -0.3 is 12.9 Å². The summed E-state index contributed by atoms with van der Waals surface area (Å²) < 4.78 is 64.2. The Bertz CT molecular complexity index is 739. The second-order valence-corrected chi connectivity index (χ2v) is 7.22. The molecule has 2 rings (SSSR count). The Hall–Kier alpha value is -1.61. The minimum Gasteiger partial charge on any atom is -0.445 e. The topological polar surface area (TPSA) is 54.5 Å². The van der Waals surface area contributed by atoms with Crippen molar-refractivity contribution >= 4 is 22.8 Å². The first-order chi connectivity index (χ1) is 10.0. The van der Waals surface area contributed by atoms with Crippen molar-refractivity contribution in [3.8, 4) is 0 Å². The quantitative estimate of drug-likeness (QED) is 0.798. The number of hydrogen-bond donors (Lipinski definition) is 0. The number of ketones is 1. The van der Waals surface area contributed by atoms with Crippen molar-refractivity contribution in [3.63, 3.8) is 0 Å². The number of nitrogens with zero attached hydrogens (tertiary/aromatic N) is 1. The summed E-state index contributed by atoms with van der Waals surface area (Å²) in [5.41, 5.74) is -0.596. The van der Waals surface area contributed by atoms with Gasteiger partial charge >= 0.3 is 6.98 Å². The molecule has 0 aromatic heterocycles. The van der Waals surface area contributed by atoms with Crippen molar-refractivity contribution in [2.45, 2.75) is 18.7 Å². The van der Waals surface area contributed by atoms with E-state index in [9.17, 15) is 26.2 Å². The molecule has 0 saturated heterocycles. The standard InChI is InChI=1S/C13H14BF3NO3S/c1-9-3-5-11(6-4-9)22(20,21)18-7-10(2)13(12(19)8-18)14(15,16)17/h3-6H,7-8H2,1-2H3/q-1. The normalized spacial score (nSPS) is 18.0. The van der Waals surface area contributed by atoms with Gasteiger partial charge in [0.2, 0.25) is 10.0 Å². The monoisotopic (exact) mass is 332 g/mol. The Morgan fingerprint density at radius 1 is 1.05 bits per heavy atom. The number of aryl methyl sites for hydroxylation is 1. The second-order valence-electron chi connectivity index (χ2n) is 5.28. The van der Waals surface area contributed by atoms with Crippen LogP contribution in [0.15, 0.2) is 40.2 Å². The molecule has 0 amide bonds. The molecule has 1 aromatic carbocycles. The van der Waals surface area contributed by atoms with Crippen LogP contribution in [-0.4, -0.2) is 38.6 Å². The molecule has 120 valence electrons. The Labute approximate surface area is 126 Å². The highest BCUT2D eigenvalue weighted by Crippen LogP contribution is 2.30. The molecule has 4 nitrogen and oxygen atoms in total. The van der Waals surface area contributed by atoms with Crippen molar-refractivity contribution in [2.24, 2.45) is 0 Å². The van der Waals surface area contributed by atoms with E-state index in [1.165, 1.54) is 12.1 Å². The van der Waals surface area contributed by atoms with Crippen LogP contribution in [0, 0.1) is 6.92 Å². The van der Waals surface area contributed by atoms with Gasteiger partial charge in [-0.25, -0.2) is 8.42 Å². The number of carbonyl (C=O) groups excluding carboxylic acids is 1.